The molecule has 1 aliphatic carbocycles. The summed E-state index contributed by atoms with van der Waals surface area (Å²) in [6.07, 6.45) is 3.09. The molecule has 0 amide bonds. The Hall–Kier alpha value is 0.230. The Morgan fingerprint density at radius 2 is 1.80 bits per heavy atom. The van der Waals surface area contributed by atoms with Crippen molar-refractivity contribution in [3.63, 3.8) is 0 Å². The summed E-state index contributed by atoms with van der Waals surface area (Å²) in [4.78, 5) is 0. The summed E-state index contributed by atoms with van der Waals surface area (Å²) in [6.45, 7) is 0. The summed E-state index contributed by atoms with van der Waals surface area (Å²) < 4.78 is 20.5. The predicted octanol–water partition coefficient (Wildman–Crippen LogP) is 1.77. The molecule has 0 spiro atoms. The Labute approximate surface area is 63.5 Å². The normalized spacial score (nSPS) is 22.9. The van der Waals surface area contributed by atoms with E-state index in [1.54, 1.807) is 14.1 Å². The van der Waals surface area contributed by atoms with Gasteiger partial charge in [0.15, 0.2) is 0 Å². The van der Waals surface area contributed by atoms with Crippen LogP contribution < -0.4 is 0 Å². The highest BCUT2D eigenvalue weighted by atomic mass is 32.3. The van der Waals surface area contributed by atoms with Gasteiger partial charge < -0.3 is 0 Å². The quantitative estimate of drug-likeness (QED) is 0.655. The van der Waals surface area contributed by atoms with Crippen LogP contribution in [0.1, 0.15) is 19.3 Å². The third kappa shape index (κ3) is 1.29. The molecule has 10 heavy (non-hydrogen) atoms. The van der Waals surface area contributed by atoms with E-state index in [1.165, 1.54) is 4.31 Å². The molecule has 0 aliphatic heterocycles. The highest BCUT2D eigenvalue weighted by Gasteiger charge is 2.32. The summed E-state index contributed by atoms with van der Waals surface area (Å²) in [6, 6.07) is 0. The summed E-state index contributed by atoms with van der Waals surface area (Å²) in [7, 11) is 1.03. The first-order chi connectivity index (χ1) is 4.55. The molecule has 0 aromatic rings. The van der Waals surface area contributed by atoms with Gasteiger partial charge in [-0.2, -0.15) is 0 Å². The standard InChI is InChI=1S/C6H15NO2S/c1-7(2)10(8,9)6-4-3-5-6/h6,8-9H,3-5H2,1-2H3. The second-order valence-corrected chi connectivity index (χ2v) is 5.45. The minimum absolute atomic E-state index is 0.141. The second-order valence-electron chi connectivity index (χ2n) is 2.93. The lowest BCUT2D eigenvalue weighted by molar-refractivity contribution is 0.360. The fraction of sp³-hybridized carbons (Fsp3) is 1.00. The molecule has 1 aliphatic rings. The fourth-order valence-corrected chi connectivity index (χ4v) is 2.55. The van der Waals surface area contributed by atoms with Crippen LogP contribution in [0.5, 0.6) is 0 Å². The van der Waals surface area contributed by atoms with Crippen molar-refractivity contribution in [1.29, 1.82) is 0 Å². The van der Waals surface area contributed by atoms with Crippen LogP contribution in [0.15, 0.2) is 0 Å². The minimum Gasteiger partial charge on any atom is -0.285 e. The molecule has 0 unspecified atom stereocenters. The van der Waals surface area contributed by atoms with E-state index in [0.717, 1.165) is 19.3 Å². The molecule has 1 saturated carbocycles. The van der Waals surface area contributed by atoms with E-state index in [0.29, 0.717) is 0 Å². The van der Waals surface area contributed by atoms with E-state index in [4.69, 9.17) is 0 Å². The molecule has 0 aromatic carbocycles. The fourth-order valence-electron chi connectivity index (χ4n) is 0.985. The zero-order chi connectivity index (χ0) is 7.78. The highest BCUT2D eigenvalue weighted by molar-refractivity contribution is 8.22. The predicted molar refractivity (Wildman–Crippen MR) is 44.2 cm³/mol. The van der Waals surface area contributed by atoms with E-state index in [9.17, 15) is 9.11 Å². The molecular weight excluding hydrogens is 150 g/mol. The lowest BCUT2D eigenvalue weighted by atomic mass is 10.0. The first-order valence-electron chi connectivity index (χ1n) is 3.49. The van der Waals surface area contributed by atoms with Crippen LogP contribution in [-0.4, -0.2) is 32.8 Å². The molecule has 0 saturated heterocycles. The van der Waals surface area contributed by atoms with E-state index in [-0.39, 0.29) is 5.25 Å². The number of rotatable bonds is 2. The van der Waals surface area contributed by atoms with E-state index >= 15 is 0 Å². The van der Waals surface area contributed by atoms with Gasteiger partial charge in [-0.15, -0.1) is 10.8 Å². The molecule has 0 aromatic heterocycles. The van der Waals surface area contributed by atoms with E-state index in [1.807, 2.05) is 0 Å². The third-order valence-corrected chi connectivity index (χ3v) is 4.48. The van der Waals surface area contributed by atoms with Crippen molar-refractivity contribution in [2.24, 2.45) is 0 Å². The van der Waals surface area contributed by atoms with Gasteiger partial charge in [0.25, 0.3) is 0 Å². The molecule has 4 heteroatoms. The molecule has 2 N–H and O–H groups in total. The average Bonchev–Trinajstić information content (AvgIpc) is 1.57. The van der Waals surface area contributed by atoms with E-state index in [2.05, 4.69) is 0 Å². The van der Waals surface area contributed by atoms with Gasteiger partial charge >= 0.3 is 0 Å². The molecule has 0 heterocycles. The molecule has 1 rings (SSSR count). The first-order valence-corrected chi connectivity index (χ1v) is 5.06. The Morgan fingerprint density at radius 1 is 1.30 bits per heavy atom. The smallest absolute Gasteiger partial charge is 0.0640 e. The highest BCUT2D eigenvalue weighted by Crippen LogP contribution is 2.53. The summed E-state index contributed by atoms with van der Waals surface area (Å²) in [5.74, 6) is 0. The summed E-state index contributed by atoms with van der Waals surface area (Å²) in [5.41, 5.74) is 0. The Bertz CT molecular complexity index is 123. The Morgan fingerprint density at radius 3 is 1.90 bits per heavy atom. The molecule has 0 radical (unpaired) electrons. The summed E-state index contributed by atoms with van der Waals surface area (Å²) in [5, 5.41) is 0.141. The maximum Gasteiger partial charge on any atom is 0.0640 e. The van der Waals surface area contributed by atoms with Gasteiger partial charge in [-0.25, -0.2) is 4.31 Å². The monoisotopic (exact) mass is 165 g/mol. The zero-order valence-corrected chi connectivity index (χ0v) is 7.27. The molecule has 62 valence electrons. The molecular formula is C6H15NO2S. The van der Waals surface area contributed by atoms with Gasteiger partial charge in [-0.05, 0) is 19.3 Å². The van der Waals surface area contributed by atoms with Gasteiger partial charge in [0.2, 0.25) is 0 Å². The molecule has 0 bridgehead atoms. The Kier molecular flexibility index (Phi) is 2.24. The SMILES string of the molecule is CN(C)S(O)(O)C1CCC1. The van der Waals surface area contributed by atoms with Crippen molar-refractivity contribution < 1.29 is 9.11 Å². The van der Waals surface area contributed by atoms with Crippen molar-refractivity contribution in [2.45, 2.75) is 24.5 Å². The average molecular weight is 165 g/mol. The minimum atomic E-state index is -2.41. The second kappa shape index (κ2) is 2.70. The topological polar surface area (TPSA) is 43.7 Å². The van der Waals surface area contributed by atoms with Gasteiger partial charge in [0.05, 0.1) is 5.25 Å². The molecule has 3 nitrogen and oxygen atoms in total. The zero-order valence-electron chi connectivity index (χ0n) is 6.45. The number of nitrogens with zero attached hydrogens (tertiary/aromatic N) is 1. The lowest BCUT2D eigenvalue weighted by Gasteiger charge is -2.48. The van der Waals surface area contributed by atoms with Gasteiger partial charge in [-0.3, -0.25) is 9.11 Å². The van der Waals surface area contributed by atoms with Crippen molar-refractivity contribution in [3.8, 4) is 0 Å². The van der Waals surface area contributed by atoms with Crippen LogP contribution in [0.2, 0.25) is 0 Å². The first kappa shape index (κ1) is 8.33. The van der Waals surface area contributed by atoms with Crippen LogP contribution in [0.3, 0.4) is 0 Å². The van der Waals surface area contributed by atoms with Gasteiger partial charge in [-0.1, -0.05) is 0 Å². The van der Waals surface area contributed by atoms with Crippen molar-refractivity contribution >= 4 is 10.8 Å². The maximum absolute atomic E-state index is 9.48. The van der Waals surface area contributed by atoms with Crippen LogP contribution in [0, 0.1) is 0 Å². The summed E-state index contributed by atoms with van der Waals surface area (Å²) >= 11 is 0. The number of hydrogen-bond acceptors (Lipinski definition) is 3. The van der Waals surface area contributed by atoms with Crippen LogP contribution in [-0.2, 0) is 0 Å². The van der Waals surface area contributed by atoms with Gasteiger partial charge in [0.1, 0.15) is 0 Å². The largest absolute Gasteiger partial charge is 0.285 e. The molecule has 0 atom stereocenters. The third-order valence-electron chi connectivity index (χ3n) is 2.04. The van der Waals surface area contributed by atoms with Gasteiger partial charge in [0, 0.05) is 14.1 Å². The van der Waals surface area contributed by atoms with Crippen molar-refractivity contribution in [1.82, 2.24) is 4.31 Å². The molecule has 1 fully saturated rings. The van der Waals surface area contributed by atoms with Crippen molar-refractivity contribution in [3.05, 3.63) is 0 Å². The van der Waals surface area contributed by atoms with E-state index < -0.39 is 10.8 Å². The van der Waals surface area contributed by atoms with Crippen LogP contribution >= 0.6 is 10.8 Å². The number of hydrogen-bond donors (Lipinski definition) is 2. The van der Waals surface area contributed by atoms with Crippen LogP contribution in [0.4, 0.5) is 0 Å². The maximum atomic E-state index is 9.48. The Balaban J connectivity index is 2.48. The lowest BCUT2D eigenvalue weighted by Crippen LogP contribution is -2.33. The van der Waals surface area contributed by atoms with Crippen LogP contribution in [0.25, 0.3) is 0 Å². The van der Waals surface area contributed by atoms with Crippen molar-refractivity contribution in [2.75, 3.05) is 14.1 Å².